The van der Waals surface area contributed by atoms with Gasteiger partial charge in [-0.3, -0.25) is 14.9 Å². The number of nitro benzene ring substituents is 1. The number of hydrogen-bond donors (Lipinski definition) is 1. The zero-order valence-corrected chi connectivity index (χ0v) is 11.0. The first-order chi connectivity index (χ1) is 9.99. The Morgan fingerprint density at radius 3 is 2.48 bits per heavy atom. The fraction of sp³-hybridized carbons (Fsp3) is 0.286. The van der Waals surface area contributed by atoms with Crippen LogP contribution in [0.4, 0.5) is 11.4 Å². The number of non-ortho nitro benzene ring substituents is 1. The van der Waals surface area contributed by atoms with Crippen molar-refractivity contribution in [1.29, 1.82) is 0 Å². The third-order valence-corrected chi connectivity index (χ3v) is 3.40. The molecule has 1 amide bonds. The van der Waals surface area contributed by atoms with Gasteiger partial charge in [-0.15, -0.1) is 0 Å². The topological polar surface area (TPSA) is 112 Å². The number of anilines is 1. The Hall–Kier alpha value is -2.70. The molecular formula is C14H13N2O5-. The summed E-state index contributed by atoms with van der Waals surface area (Å²) in [4.78, 5) is 33.3. The lowest BCUT2D eigenvalue weighted by Crippen LogP contribution is -2.41. The second-order valence-electron chi connectivity index (χ2n) is 4.77. The Bertz CT molecular complexity index is 611. The van der Waals surface area contributed by atoms with E-state index in [9.17, 15) is 24.8 Å². The Labute approximate surface area is 120 Å². The molecule has 2 rings (SSSR count). The number of carboxylic acid groups (broad SMARTS) is 1. The maximum absolute atomic E-state index is 12.2. The van der Waals surface area contributed by atoms with Crippen LogP contribution < -0.4 is 10.4 Å². The molecule has 1 aromatic carbocycles. The van der Waals surface area contributed by atoms with Crippen molar-refractivity contribution in [3.05, 3.63) is 46.5 Å². The number of carboxylic acids is 1. The van der Waals surface area contributed by atoms with Gasteiger partial charge in [-0.25, -0.2) is 0 Å². The number of rotatable bonds is 4. The summed E-state index contributed by atoms with van der Waals surface area (Å²) in [6, 6.07) is 5.50. The number of hydrogen-bond acceptors (Lipinski definition) is 5. The minimum Gasteiger partial charge on any atom is -0.550 e. The minimum atomic E-state index is -1.27. The second-order valence-corrected chi connectivity index (χ2v) is 4.77. The summed E-state index contributed by atoms with van der Waals surface area (Å²) >= 11 is 0. The van der Waals surface area contributed by atoms with E-state index in [4.69, 9.17) is 0 Å². The summed E-state index contributed by atoms with van der Waals surface area (Å²) in [5.74, 6) is -3.36. The average molecular weight is 289 g/mol. The number of carbonyl (C=O) groups is 2. The standard InChI is InChI=1S/C14H14N2O5/c17-13(11-6-1-2-7-12(11)14(18)19)15-9-4-3-5-10(8-9)16(20)21/h1-5,8,11-12H,6-7H2,(H,15,17)(H,18,19)/p-1. The van der Waals surface area contributed by atoms with Gasteiger partial charge in [-0.2, -0.15) is 0 Å². The maximum Gasteiger partial charge on any atom is 0.271 e. The second kappa shape index (κ2) is 6.17. The number of nitro groups is 1. The molecular weight excluding hydrogens is 276 g/mol. The van der Waals surface area contributed by atoms with Gasteiger partial charge in [0.2, 0.25) is 5.91 Å². The summed E-state index contributed by atoms with van der Waals surface area (Å²) < 4.78 is 0. The maximum atomic E-state index is 12.2. The van der Waals surface area contributed by atoms with E-state index in [0.717, 1.165) is 0 Å². The lowest BCUT2D eigenvalue weighted by Gasteiger charge is -2.28. The van der Waals surface area contributed by atoms with Crippen LogP contribution in [0.5, 0.6) is 0 Å². The van der Waals surface area contributed by atoms with Crippen LogP contribution in [0.1, 0.15) is 12.8 Å². The van der Waals surface area contributed by atoms with E-state index in [1.54, 1.807) is 12.2 Å². The van der Waals surface area contributed by atoms with Gasteiger partial charge in [-0.1, -0.05) is 18.2 Å². The van der Waals surface area contributed by atoms with Crippen molar-refractivity contribution in [1.82, 2.24) is 0 Å². The molecule has 1 aliphatic carbocycles. The van der Waals surface area contributed by atoms with Crippen molar-refractivity contribution in [3.63, 3.8) is 0 Å². The number of benzene rings is 1. The number of nitrogens with one attached hydrogen (secondary N) is 1. The van der Waals surface area contributed by atoms with Crippen LogP contribution in [0.3, 0.4) is 0 Å². The van der Waals surface area contributed by atoms with Crippen molar-refractivity contribution in [3.8, 4) is 0 Å². The van der Waals surface area contributed by atoms with Crippen LogP contribution in [0.15, 0.2) is 36.4 Å². The first-order valence-corrected chi connectivity index (χ1v) is 6.40. The van der Waals surface area contributed by atoms with Crippen LogP contribution in [-0.2, 0) is 9.59 Å². The van der Waals surface area contributed by atoms with E-state index >= 15 is 0 Å². The van der Waals surface area contributed by atoms with Crippen LogP contribution in [0.2, 0.25) is 0 Å². The zero-order chi connectivity index (χ0) is 15.4. The molecule has 2 unspecified atom stereocenters. The largest absolute Gasteiger partial charge is 0.550 e. The fourth-order valence-electron chi connectivity index (χ4n) is 2.30. The molecule has 7 nitrogen and oxygen atoms in total. The molecule has 0 spiro atoms. The van der Waals surface area contributed by atoms with Crippen LogP contribution in [0, 0.1) is 22.0 Å². The zero-order valence-electron chi connectivity index (χ0n) is 11.0. The quantitative estimate of drug-likeness (QED) is 0.502. The number of amides is 1. The molecule has 1 aliphatic rings. The predicted molar refractivity (Wildman–Crippen MR) is 72.1 cm³/mol. The Balaban J connectivity index is 2.13. The smallest absolute Gasteiger partial charge is 0.271 e. The third-order valence-electron chi connectivity index (χ3n) is 3.40. The highest BCUT2D eigenvalue weighted by Crippen LogP contribution is 2.27. The molecule has 21 heavy (non-hydrogen) atoms. The van der Waals surface area contributed by atoms with Crippen molar-refractivity contribution in [2.24, 2.45) is 11.8 Å². The Morgan fingerprint density at radius 1 is 1.19 bits per heavy atom. The summed E-state index contributed by atoms with van der Waals surface area (Å²) in [5.41, 5.74) is 0.119. The molecule has 0 saturated heterocycles. The van der Waals surface area contributed by atoms with Crippen LogP contribution >= 0.6 is 0 Å². The summed E-state index contributed by atoms with van der Waals surface area (Å²) in [6.07, 6.45) is 4.00. The van der Waals surface area contributed by atoms with Gasteiger partial charge in [0.05, 0.1) is 10.8 Å². The van der Waals surface area contributed by atoms with Crippen LogP contribution in [0.25, 0.3) is 0 Å². The number of nitrogens with zero attached hydrogens (tertiary/aromatic N) is 1. The fourth-order valence-corrected chi connectivity index (χ4v) is 2.30. The van der Waals surface area contributed by atoms with Gasteiger partial charge in [0.1, 0.15) is 0 Å². The lowest BCUT2D eigenvalue weighted by atomic mass is 9.82. The minimum absolute atomic E-state index is 0.146. The van der Waals surface area contributed by atoms with E-state index in [2.05, 4.69) is 5.32 Å². The summed E-state index contributed by atoms with van der Waals surface area (Å²) in [7, 11) is 0. The van der Waals surface area contributed by atoms with Crippen molar-refractivity contribution < 1.29 is 19.6 Å². The van der Waals surface area contributed by atoms with E-state index in [1.807, 2.05) is 0 Å². The molecule has 110 valence electrons. The molecule has 2 atom stereocenters. The number of allylic oxidation sites excluding steroid dienone is 2. The van der Waals surface area contributed by atoms with E-state index in [-0.39, 0.29) is 17.8 Å². The molecule has 7 heteroatoms. The average Bonchev–Trinajstić information content (AvgIpc) is 2.47. The molecule has 1 aromatic rings. The Morgan fingerprint density at radius 2 is 1.86 bits per heavy atom. The molecule has 0 aliphatic heterocycles. The highest BCUT2D eigenvalue weighted by atomic mass is 16.6. The van der Waals surface area contributed by atoms with Gasteiger partial charge in [-0.05, 0) is 18.9 Å². The van der Waals surface area contributed by atoms with E-state index in [1.165, 1.54) is 24.3 Å². The van der Waals surface area contributed by atoms with Crippen LogP contribution in [-0.4, -0.2) is 16.8 Å². The van der Waals surface area contributed by atoms with Gasteiger partial charge >= 0.3 is 0 Å². The van der Waals surface area contributed by atoms with Gasteiger partial charge in [0.15, 0.2) is 0 Å². The monoisotopic (exact) mass is 289 g/mol. The third kappa shape index (κ3) is 3.44. The highest BCUT2D eigenvalue weighted by molar-refractivity contribution is 5.95. The van der Waals surface area contributed by atoms with E-state index < -0.39 is 28.6 Å². The molecule has 0 heterocycles. The van der Waals surface area contributed by atoms with E-state index in [0.29, 0.717) is 6.42 Å². The Kier molecular flexibility index (Phi) is 4.32. The molecule has 0 radical (unpaired) electrons. The summed E-state index contributed by atoms with van der Waals surface area (Å²) in [5, 5.41) is 24.3. The van der Waals surface area contributed by atoms with Gasteiger partial charge in [0, 0.05) is 29.7 Å². The highest BCUT2D eigenvalue weighted by Gasteiger charge is 2.29. The molecule has 0 bridgehead atoms. The summed E-state index contributed by atoms with van der Waals surface area (Å²) in [6.45, 7) is 0. The van der Waals surface area contributed by atoms with Crippen molar-refractivity contribution in [2.45, 2.75) is 12.8 Å². The number of carbonyl (C=O) groups excluding carboxylic acids is 2. The predicted octanol–water partition coefficient (Wildman–Crippen LogP) is 0.866. The molecule has 0 fully saturated rings. The molecule has 0 aromatic heterocycles. The normalized spacial score (nSPS) is 20.8. The van der Waals surface area contributed by atoms with Gasteiger partial charge in [0.25, 0.3) is 5.69 Å². The first-order valence-electron chi connectivity index (χ1n) is 6.40. The van der Waals surface area contributed by atoms with Crippen molar-refractivity contribution >= 4 is 23.3 Å². The number of aliphatic carboxylic acids is 1. The molecule has 1 N–H and O–H groups in total. The molecule has 0 saturated carbocycles. The van der Waals surface area contributed by atoms with Crippen molar-refractivity contribution in [2.75, 3.05) is 5.32 Å². The lowest BCUT2D eigenvalue weighted by molar-refractivity contribution is -0.384. The SMILES string of the molecule is O=C([O-])C1CC=CCC1C(=O)Nc1cccc([N+](=O)[O-])c1. The first kappa shape index (κ1) is 14.7. The van der Waals surface area contributed by atoms with Gasteiger partial charge < -0.3 is 15.2 Å².